The number of hydrogen-bond acceptors (Lipinski definition) is 5. The van der Waals surface area contributed by atoms with E-state index in [1.807, 2.05) is 18.2 Å². The van der Waals surface area contributed by atoms with E-state index >= 15 is 0 Å². The normalized spacial score (nSPS) is 14.3. The highest BCUT2D eigenvalue weighted by Crippen LogP contribution is 2.29. The Morgan fingerprint density at radius 3 is 2.65 bits per heavy atom. The molecular weight excluding hydrogens is 288 g/mol. The summed E-state index contributed by atoms with van der Waals surface area (Å²) in [5, 5.41) is 4.07. The van der Waals surface area contributed by atoms with Gasteiger partial charge >= 0.3 is 0 Å². The highest BCUT2D eigenvalue weighted by atomic mass is 16.5. The Bertz CT molecular complexity index is 753. The number of benzene rings is 1. The van der Waals surface area contributed by atoms with E-state index in [0.717, 1.165) is 12.1 Å². The smallest absolute Gasteiger partial charge is 0.241 e. The molecule has 1 aromatic carbocycles. The molecule has 116 valence electrons. The third kappa shape index (κ3) is 3.46. The molecule has 0 unspecified atom stereocenters. The number of rotatable bonds is 6. The van der Waals surface area contributed by atoms with Crippen LogP contribution < -0.4 is 0 Å². The van der Waals surface area contributed by atoms with Crippen LogP contribution in [0.25, 0.3) is 11.4 Å². The van der Waals surface area contributed by atoms with Gasteiger partial charge in [0, 0.05) is 30.5 Å². The predicted molar refractivity (Wildman–Crippen MR) is 86.2 cm³/mol. The molecule has 3 aromatic rings. The maximum atomic E-state index is 5.43. The summed E-state index contributed by atoms with van der Waals surface area (Å²) >= 11 is 0. The minimum atomic E-state index is 0.601. The van der Waals surface area contributed by atoms with E-state index in [0.29, 0.717) is 24.3 Å². The first-order valence-corrected chi connectivity index (χ1v) is 7.89. The SMILES string of the molecule is c1ccc(CN(Cc2nc(-c3cccnc3)no2)C2CC2)cc1. The van der Waals surface area contributed by atoms with Gasteiger partial charge in [0.1, 0.15) is 0 Å². The Morgan fingerprint density at radius 1 is 1.04 bits per heavy atom. The van der Waals surface area contributed by atoms with Gasteiger partial charge < -0.3 is 4.52 Å². The highest BCUT2D eigenvalue weighted by Gasteiger charge is 2.30. The summed E-state index contributed by atoms with van der Waals surface area (Å²) in [7, 11) is 0. The third-order valence-electron chi connectivity index (χ3n) is 4.02. The fourth-order valence-corrected chi connectivity index (χ4v) is 2.68. The number of nitrogens with zero attached hydrogens (tertiary/aromatic N) is 4. The average molecular weight is 306 g/mol. The van der Waals surface area contributed by atoms with Crippen LogP contribution in [0.5, 0.6) is 0 Å². The minimum Gasteiger partial charge on any atom is -0.338 e. The summed E-state index contributed by atoms with van der Waals surface area (Å²) in [4.78, 5) is 11.0. The zero-order valence-electron chi connectivity index (χ0n) is 12.8. The lowest BCUT2D eigenvalue weighted by Gasteiger charge is -2.19. The molecule has 0 atom stereocenters. The molecule has 1 aliphatic carbocycles. The van der Waals surface area contributed by atoms with Crippen LogP contribution in [-0.2, 0) is 13.1 Å². The van der Waals surface area contributed by atoms with Gasteiger partial charge in [-0.05, 0) is 30.5 Å². The van der Waals surface area contributed by atoms with Gasteiger partial charge in [-0.2, -0.15) is 4.98 Å². The van der Waals surface area contributed by atoms with Gasteiger partial charge in [0.25, 0.3) is 0 Å². The largest absolute Gasteiger partial charge is 0.338 e. The minimum absolute atomic E-state index is 0.601. The Morgan fingerprint density at radius 2 is 1.91 bits per heavy atom. The summed E-state index contributed by atoms with van der Waals surface area (Å²) in [5.74, 6) is 1.26. The summed E-state index contributed by atoms with van der Waals surface area (Å²) in [5.41, 5.74) is 2.19. The molecule has 5 heteroatoms. The van der Waals surface area contributed by atoms with Crippen LogP contribution in [0.15, 0.2) is 59.4 Å². The molecule has 0 aliphatic heterocycles. The number of pyridine rings is 1. The van der Waals surface area contributed by atoms with Crippen LogP contribution in [0.4, 0.5) is 0 Å². The van der Waals surface area contributed by atoms with Crippen molar-refractivity contribution in [1.82, 2.24) is 20.0 Å². The monoisotopic (exact) mass is 306 g/mol. The lowest BCUT2D eigenvalue weighted by molar-refractivity contribution is 0.209. The van der Waals surface area contributed by atoms with Crippen molar-refractivity contribution in [3.8, 4) is 11.4 Å². The molecule has 5 nitrogen and oxygen atoms in total. The first kappa shape index (κ1) is 14.1. The van der Waals surface area contributed by atoms with E-state index in [-0.39, 0.29) is 0 Å². The van der Waals surface area contributed by atoms with Crippen molar-refractivity contribution < 1.29 is 4.52 Å². The van der Waals surface area contributed by atoms with Gasteiger partial charge in [0.2, 0.25) is 11.7 Å². The molecule has 0 amide bonds. The standard InChI is InChI=1S/C18H18N4O/c1-2-5-14(6-3-1)12-22(16-8-9-16)13-17-20-18(21-23-17)15-7-4-10-19-11-15/h1-7,10-11,16H,8-9,12-13H2. The second kappa shape index (κ2) is 6.30. The third-order valence-corrected chi connectivity index (χ3v) is 4.02. The Kier molecular flexibility index (Phi) is 3.86. The topological polar surface area (TPSA) is 55.1 Å². The van der Waals surface area contributed by atoms with Crippen molar-refractivity contribution in [2.75, 3.05) is 0 Å². The lowest BCUT2D eigenvalue weighted by atomic mass is 10.2. The zero-order chi connectivity index (χ0) is 15.5. The van der Waals surface area contributed by atoms with E-state index in [1.54, 1.807) is 12.4 Å². The van der Waals surface area contributed by atoms with E-state index in [1.165, 1.54) is 18.4 Å². The molecule has 1 aliphatic rings. The Hall–Kier alpha value is -2.53. The lowest BCUT2D eigenvalue weighted by Crippen LogP contribution is -2.25. The summed E-state index contributed by atoms with van der Waals surface area (Å²) in [6, 6.07) is 14.9. The molecular formula is C18H18N4O. The highest BCUT2D eigenvalue weighted by molar-refractivity contribution is 5.51. The number of aromatic nitrogens is 3. The summed E-state index contributed by atoms with van der Waals surface area (Å²) in [6.07, 6.45) is 5.98. The molecule has 4 rings (SSSR count). The van der Waals surface area contributed by atoms with Crippen LogP contribution in [-0.4, -0.2) is 26.1 Å². The maximum absolute atomic E-state index is 5.43. The molecule has 0 radical (unpaired) electrons. The van der Waals surface area contributed by atoms with Crippen molar-refractivity contribution in [3.05, 3.63) is 66.3 Å². The molecule has 1 fully saturated rings. The molecule has 2 heterocycles. The first-order valence-electron chi connectivity index (χ1n) is 7.89. The molecule has 0 saturated heterocycles. The second-order valence-corrected chi connectivity index (χ2v) is 5.88. The fourth-order valence-electron chi connectivity index (χ4n) is 2.68. The van der Waals surface area contributed by atoms with Gasteiger partial charge in [0.05, 0.1) is 6.54 Å². The summed E-state index contributed by atoms with van der Waals surface area (Å²) < 4.78 is 5.43. The van der Waals surface area contributed by atoms with Gasteiger partial charge in [-0.15, -0.1) is 0 Å². The van der Waals surface area contributed by atoms with Crippen molar-refractivity contribution in [2.45, 2.75) is 32.0 Å². The second-order valence-electron chi connectivity index (χ2n) is 5.88. The van der Waals surface area contributed by atoms with Gasteiger partial charge in [-0.1, -0.05) is 35.5 Å². The van der Waals surface area contributed by atoms with Crippen molar-refractivity contribution in [1.29, 1.82) is 0 Å². The quantitative estimate of drug-likeness (QED) is 0.699. The zero-order valence-corrected chi connectivity index (χ0v) is 12.8. The molecule has 23 heavy (non-hydrogen) atoms. The van der Waals surface area contributed by atoms with E-state index < -0.39 is 0 Å². The van der Waals surface area contributed by atoms with Crippen molar-refractivity contribution >= 4 is 0 Å². The van der Waals surface area contributed by atoms with E-state index in [9.17, 15) is 0 Å². The van der Waals surface area contributed by atoms with Gasteiger partial charge in [-0.3, -0.25) is 9.88 Å². The van der Waals surface area contributed by atoms with Gasteiger partial charge in [0.15, 0.2) is 0 Å². The fraction of sp³-hybridized carbons (Fsp3) is 0.278. The van der Waals surface area contributed by atoms with Crippen LogP contribution in [0.3, 0.4) is 0 Å². The van der Waals surface area contributed by atoms with E-state index in [2.05, 4.69) is 44.3 Å². The Labute approximate surface area is 135 Å². The average Bonchev–Trinajstić information content (AvgIpc) is 3.35. The van der Waals surface area contributed by atoms with Crippen LogP contribution >= 0.6 is 0 Å². The predicted octanol–water partition coefficient (Wildman–Crippen LogP) is 3.30. The van der Waals surface area contributed by atoms with Crippen LogP contribution in [0.1, 0.15) is 24.3 Å². The molecule has 0 N–H and O–H groups in total. The molecule has 0 spiro atoms. The molecule has 1 saturated carbocycles. The van der Waals surface area contributed by atoms with Crippen molar-refractivity contribution in [2.24, 2.45) is 0 Å². The summed E-state index contributed by atoms with van der Waals surface area (Å²) in [6.45, 7) is 1.60. The number of hydrogen-bond donors (Lipinski definition) is 0. The Balaban J connectivity index is 1.48. The maximum Gasteiger partial charge on any atom is 0.241 e. The van der Waals surface area contributed by atoms with Gasteiger partial charge in [-0.25, -0.2) is 0 Å². The van der Waals surface area contributed by atoms with E-state index in [4.69, 9.17) is 4.52 Å². The van der Waals surface area contributed by atoms with Crippen LogP contribution in [0.2, 0.25) is 0 Å². The first-order chi connectivity index (χ1) is 11.4. The van der Waals surface area contributed by atoms with Crippen molar-refractivity contribution in [3.63, 3.8) is 0 Å². The van der Waals surface area contributed by atoms with Crippen LogP contribution in [0, 0.1) is 0 Å². The molecule has 0 bridgehead atoms. The molecule has 2 aromatic heterocycles.